The molecule has 0 aliphatic carbocycles. The molecular weight excluding hydrogens is 250 g/mol. The number of amides is 1. The summed E-state index contributed by atoms with van der Waals surface area (Å²) in [5.74, 6) is -0.0473. The molecule has 0 atom stereocenters. The van der Waals surface area contributed by atoms with Gasteiger partial charge in [-0.05, 0) is 30.7 Å². The maximum atomic E-state index is 11.8. The number of hydrogen-bond donors (Lipinski definition) is 3. The van der Waals surface area contributed by atoms with Crippen molar-refractivity contribution in [2.24, 2.45) is 0 Å². The van der Waals surface area contributed by atoms with Gasteiger partial charge >= 0.3 is 0 Å². The molecule has 0 unspecified atom stereocenters. The maximum Gasteiger partial charge on any atom is 0.239 e. The summed E-state index contributed by atoms with van der Waals surface area (Å²) in [5, 5.41) is 5.92. The molecule has 1 amide bonds. The van der Waals surface area contributed by atoms with Crippen LogP contribution >= 0.6 is 0 Å². The van der Waals surface area contributed by atoms with E-state index in [2.05, 4.69) is 16.7 Å². The number of hydrogen-bond acceptors (Lipinski definition) is 3. The number of nitrogens with two attached hydrogens (primary N) is 1. The van der Waals surface area contributed by atoms with Crippen molar-refractivity contribution >= 4 is 17.3 Å². The fourth-order valence-corrected chi connectivity index (χ4v) is 1.92. The predicted molar refractivity (Wildman–Crippen MR) is 82.4 cm³/mol. The van der Waals surface area contributed by atoms with Crippen molar-refractivity contribution in [2.75, 3.05) is 17.6 Å². The third kappa shape index (κ3) is 4.31. The summed E-state index contributed by atoms with van der Waals surface area (Å²) in [5.41, 5.74) is 9.48. The second-order valence-electron chi connectivity index (χ2n) is 4.74. The highest BCUT2D eigenvalue weighted by atomic mass is 16.1. The van der Waals surface area contributed by atoms with E-state index in [-0.39, 0.29) is 12.5 Å². The van der Waals surface area contributed by atoms with Crippen LogP contribution in [0.2, 0.25) is 0 Å². The zero-order valence-corrected chi connectivity index (χ0v) is 11.5. The molecule has 0 heterocycles. The Balaban J connectivity index is 1.78. The van der Waals surface area contributed by atoms with Crippen LogP contribution in [0.15, 0.2) is 48.5 Å². The largest absolute Gasteiger partial charge is 0.399 e. The Kier molecular flexibility index (Phi) is 4.60. The monoisotopic (exact) mass is 269 g/mol. The molecule has 0 spiro atoms. The molecule has 0 fully saturated rings. The van der Waals surface area contributed by atoms with Gasteiger partial charge in [0.05, 0.1) is 6.54 Å². The maximum absolute atomic E-state index is 11.8. The summed E-state index contributed by atoms with van der Waals surface area (Å²) >= 11 is 0. The SMILES string of the molecule is Cc1cccc(CNC(=O)CNc2cccc(N)c2)c1. The summed E-state index contributed by atoms with van der Waals surface area (Å²) in [4.78, 5) is 11.8. The Morgan fingerprint density at radius 3 is 2.70 bits per heavy atom. The van der Waals surface area contributed by atoms with Gasteiger partial charge in [-0.15, -0.1) is 0 Å². The molecule has 20 heavy (non-hydrogen) atoms. The van der Waals surface area contributed by atoms with Gasteiger partial charge in [-0.2, -0.15) is 0 Å². The molecule has 2 aromatic rings. The van der Waals surface area contributed by atoms with Crippen molar-refractivity contribution in [3.63, 3.8) is 0 Å². The van der Waals surface area contributed by atoms with Crippen LogP contribution in [0.4, 0.5) is 11.4 Å². The van der Waals surface area contributed by atoms with Gasteiger partial charge in [-0.1, -0.05) is 35.9 Å². The smallest absolute Gasteiger partial charge is 0.239 e. The number of anilines is 2. The lowest BCUT2D eigenvalue weighted by Gasteiger charge is -2.08. The van der Waals surface area contributed by atoms with E-state index in [1.807, 2.05) is 43.3 Å². The zero-order valence-electron chi connectivity index (χ0n) is 11.5. The van der Waals surface area contributed by atoms with Crippen LogP contribution in [0.25, 0.3) is 0 Å². The Morgan fingerprint density at radius 1 is 1.15 bits per heavy atom. The van der Waals surface area contributed by atoms with E-state index in [4.69, 9.17) is 5.73 Å². The molecular formula is C16H19N3O. The van der Waals surface area contributed by atoms with E-state index in [1.54, 1.807) is 6.07 Å². The van der Waals surface area contributed by atoms with Crippen molar-refractivity contribution in [3.8, 4) is 0 Å². The fraction of sp³-hybridized carbons (Fsp3) is 0.188. The van der Waals surface area contributed by atoms with Gasteiger partial charge in [0.2, 0.25) is 5.91 Å². The first-order valence-electron chi connectivity index (χ1n) is 6.55. The van der Waals surface area contributed by atoms with Crippen LogP contribution in [0.3, 0.4) is 0 Å². The number of nitrogens with one attached hydrogen (secondary N) is 2. The standard InChI is InChI=1S/C16H19N3O/c1-12-4-2-5-13(8-12)10-19-16(20)11-18-15-7-3-6-14(17)9-15/h2-9,18H,10-11,17H2,1H3,(H,19,20). The minimum absolute atomic E-state index is 0.0473. The van der Waals surface area contributed by atoms with Gasteiger partial charge in [0.25, 0.3) is 0 Å². The summed E-state index contributed by atoms with van der Waals surface area (Å²) < 4.78 is 0. The van der Waals surface area contributed by atoms with Crippen molar-refractivity contribution in [3.05, 3.63) is 59.7 Å². The van der Waals surface area contributed by atoms with Crippen LogP contribution in [0.1, 0.15) is 11.1 Å². The molecule has 0 aliphatic rings. The van der Waals surface area contributed by atoms with E-state index >= 15 is 0 Å². The van der Waals surface area contributed by atoms with Gasteiger partial charge in [0, 0.05) is 17.9 Å². The Bertz CT molecular complexity index is 544. The molecule has 4 nitrogen and oxygen atoms in total. The Labute approximate surface area is 119 Å². The molecule has 0 aliphatic heterocycles. The molecule has 4 heteroatoms. The average molecular weight is 269 g/mol. The molecule has 4 N–H and O–H groups in total. The van der Waals surface area contributed by atoms with Gasteiger partial charge < -0.3 is 16.4 Å². The lowest BCUT2D eigenvalue weighted by Crippen LogP contribution is -2.29. The normalized spacial score (nSPS) is 10.1. The predicted octanol–water partition coefficient (Wildman–Crippen LogP) is 2.31. The van der Waals surface area contributed by atoms with Gasteiger partial charge in [0.15, 0.2) is 0 Å². The second-order valence-corrected chi connectivity index (χ2v) is 4.74. The van der Waals surface area contributed by atoms with E-state index in [0.717, 1.165) is 11.3 Å². The van der Waals surface area contributed by atoms with E-state index < -0.39 is 0 Å². The summed E-state index contributed by atoms with van der Waals surface area (Å²) in [6.07, 6.45) is 0. The molecule has 2 rings (SSSR count). The lowest BCUT2D eigenvalue weighted by molar-refractivity contribution is -0.119. The first kappa shape index (κ1) is 13.9. The lowest BCUT2D eigenvalue weighted by atomic mass is 10.1. The van der Waals surface area contributed by atoms with Crippen LogP contribution in [0.5, 0.6) is 0 Å². The van der Waals surface area contributed by atoms with Gasteiger partial charge in [-0.25, -0.2) is 0 Å². The number of benzene rings is 2. The number of carbonyl (C=O) groups is 1. The van der Waals surface area contributed by atoms with Gasteiger partial charge in [0.1, 0.15) is 0 Å². The average Bonchev–Trinajstić information content (AvgIpc) is 2.43. The first-order chi connectivity index (χ1) is 9.63. The third-order valence-corrected chi connectivity index (χ3v) is 2.91. The molecule has 0 aromatic heterocycles. The highest BCUT2D eigenvalue weighted by Crippen LogP contribution is 2.11. The number of aryl methyl sites for hydroxylation is 1. The minimum atomic E-state index is -0.0473. The number of nitrogen functional groups attached to an aromatic ring is 1. The van der Waals surface area contributed by atoms with E-state index in [1.165, 1.54) is 5.56 Å². The second kappa shape index (κ2) is 6.61. The van der Waals surface area contributed by atoms with Crippen LogP contribution in [-0.2, 0) is 11.3 Å². The zero-order chi connectivity index (χ0) is 14.4. The van der Waals surface area contributed by atoms with Gasteiger partial charge in [-0.3, -0.25) is 4.79 Å². The van der Waals surface area contributed by atoms with Crippen molar-refractivity contribution in [1.82, 2.24) is 5.32 Å². The molecule has 0 saturated heterocycles. The third-order valence-electron chi connectivity index (χ3n) is 2.91. The van der Waals surface area contributed by atoms with Crippen LogP contribution < -0.4 is 16.4 Å². The minimum Gasteiger partial charge on any atom is -0.399 e. The van der Waals surface area contributed by atoms with E-state index in [0.29, 0.717) is 12.2 Å². The summed E-state index contributed by atoms with van der Waals surface area (Å²) in [6, 6.07) is 15.4. The number of rotatable bonds is 5. The Morgan fingerprint density at radius 2 is 1.95 bits per heavy atom. The summed E-state index contributed by atoms with van der Waals surface area (Å²) in [6.45, 7) is 2.81. The molecule has 0 saturated carbocycles. The fourth-order valence-electron chi connectivity index (χ4n) is 1.92. The molecule has 104 valence electrons. The highest BCUT2D eigenvalue weighted by Gasteiger charge is 2.01. The summed E-state index contributed by atoms with van der Waals surface area (Å²) in [7, 11) is 0. The van der Waals surface area contributed by atoms with Crippen molar-refractivity contribution in [2.45, 2.75) is 13.5 Å². The molecule has 2 aromatic carbocycles. The van der Waals surface area contributed by atoms with Crippen LogP contribution in [0, 0.1) is 6.92 Å². The van der Waals surface area contributed by atoms with Crippen molar-refractivity contribution in [1.29, 1.82) is 0 Å². The van der Waals surface area contributed by atoms with Crippen LogP contribution in [-0.4, -0.2) is 12.5 Å². The van der Waals surface area contributed by atoms with Crippen molar-refractivity contribution < 1.29 is 4.79 Å². The van der Waals surface area contributed by atoms with E-state index in [9.17, 15) is 4.79 Å². The Hall–Kier alpha value is -2.49. The molecule has 0 bridgehead atoms. The highest BCUT2D eigenvalue weighted by molar-refractivity contribution is 5.80. The molecule has 0 radical (unpaired) electrons. The quantitative estimate of drug-likeness (QED) is 0.730. The topological polar surface area (TPSA) is 67.2 Å². The first-order valence-corrected chi connectivity index (χ1v) is 6.55. The number of carbonyl (C=O) groups excluding carboxylic acids is 1.